The third kappa shape index (κ3) is 5.09. The minimum Gasteiger partial charge on any atom is -0.497 e. The van der Waals surface area contributed by atoms with Crippen molar-refractivity contribution < 1.29 is 19.1 Å². The number of methoxy groups -OCH3 is 1. The second kappa shape index (κ2) is 9.02. The molecule has 0 spiro atoms. The molecule has 3 rings (SSSR count). The Kier molecular flexibility index (Phi) is 6.25. The summed E-state index contributed by atoms with van der Waals surface area (Å²) in [7, 11) is 1.56. The first-order valence-corrected chi connectivity index (χ1v) is 8.87. The number of carbonyl (C=O) groups is 2. The number of hydrogen-bond acceptors (Lipinski definition) is 4. The Balaban J connectivity index is 1.62. The van der Waals surface area contributed by atoms with Crippen LogP contribution in [0.1, 0.15) is 26.3 Å². The van der Waals surface area contributed by atoms with E-state index < -0.39 is 5.97 Å². The Bertz CT molecular complexity index is 988. The van der Waals surface area contributed by atoms with Crippen molar-refractivity contribution in [3.63, 3.8) is 0 Å². The summed E-state index contributed by atoms with van der Waals surface area (Å²) < 4.78 is 10.4. The lowest BCUT2D eigenvalue weighted by atomic mass is 10.1. The van der Waals surface area contributed by atoms with Gasteiger partial charge in [0.2, 0.25) is 0 Å². The van der Waals surface area contributed by atoms with Gasteiger partial charge in [-0.1, -0.05) is 29.8 Å². The van der Waals surface area contributed by atoms with Crippen LogP contribution in [0.15, 0.2) is 78.9 Å². The second-order valence-corrected chi connectivity index (χ2v) is 6.33. The lowest BCUT2D eigenvalue weighted by Gasteiger charge is -2.06. The first kappa shape index (κ1) is 19.4. The molecule has 28 heavy (non-hydrogen) atoms. The van der Waals surface area contributed by atoms with Crippen LogP contribution < -0.4 is 9.47 Å². The van der Waals surface area contributed by atoms with Crippen LogP contribution in [-0.4, -0.2) is 18.9 Å². The number of ether oxygens (including phenoxy) is 2. The maximum atomic E-state index is 12.3. The van der Waals surface area contributed by atoms with Crippen LogP contribution in [0, 0.1) is 0 Å². The number of esters is 1. The normalized spacial score (nSPS) is 10.6. The summed E-state index contributed by atoms with van der Waals surface area (Å²) in [6.07, 6.45) is 3.21. The van der Waals surface area contributed by atoms with Crippen molar-refractivity contribution in [3.05, 3.63) is 101 Å². The number of hydrogen-bond donors (Lipinski definition) is 0. The zero-order valence-electron chi connectivity index (χ0n) is 15.1. The van der Waals surface area contributed by atoms with Gasteiger partial charge in [0.1, 0.15) is 11.5 Å². The third-order valence-electron chi connectivity index (χ3n) is 3.97. The summed E-state index contributed by atoms with van der Waals surface area (Å²) >= 11 is 5.84. The fraction of sp³-hybridized carbons (Fsp3) is 0.0435. The molecule has 0 unspecified atom stereocenters. The van der Waals surface area contributed by atoms with Crippen molar-refractivity contribution in [1.29, 1.82) is 0 Å². The lowest BCUT2D eigenvalue weighted by Crippen LogP contribution is -2.08. The van der Waals surface area contributed by atoms with Gasteiger partial charge in [-0.3, -0.25) is 4.79 Å². The Labute approximate surface area is 168 Å². The van der Waals surface area contributed by atoms with Gasteiger partial charge in [-0.15, -0.1) is 0 Å². The fourth-order valence-electron chi connectivity index (χ4n) is 2.42. The second-order valence-electron chi connectivity index (χ2n) is 5.89. The van der Waals surface area contributed by atoms with Crippen molar-refractivity contribution in [2.75, 3.05) is 7.11 Å². The summed E-state index contributed by atoms with van der Waals surface area (Å²) in [5.41, 5.74) is 1.78. The molecule has 0 fully saturated rings. The average Bonchev–Trinajstić information content (AvgIpc) is 2.73. The molecule has 5 heteroatoms. The van der Waals surface area contributed by atoms with Gasteiger partial charge < -0.3 is 9.47 Å². The highest BCUT2D eigenvalue weighted by molar-refractivity contribution is 6.30. The molecular formula is C23H17ClO4. The smallest absolute Gasteiger partial charge is 0.343 e. The Morgan fingerprint density at radius 2 is 1.36 bits per heavy atom. The van der Waals surface area contributed by atoms with Crippen molar-refractivity contribution in [2.45, 2.75) is 0 Å². The predicted octanol–water partition coefficient (Wildman–Crippen LogP) is 5.46. The molecule has 3 aromatic rings. The molecule has 0 amide bonds. The van der Waals surface area contributed by atoms with E-state index in [-0.39, 0.29) is 5.78 Å². The molecule has 0 aliphatic heterocycles. The summed E-state index contributed by atoms with van der Waals surface area (Å²) in [6, 6.07) is 20.2. The van der Waals surface area contributed by atoms with E-state index in [4.69, 9.17) is 21.1 Å². The minimum absolute atomic E-state index is 0.150. The van der Waals surface area contributed by atoms with Crippen molar-refractivity contribution in [3.8, 4) is 11.5 Å². The minimum atomic E-state index is -0.482. The van der Waals surface area contributed by atoms with E-state index in [1.54, 1.807) is 73.8 Å². The molecule has 0 aliphatic rings. The molecule has 0 heterocycles. The number of benzene rings is 3. The van der Waals surface area contributed by atoms with Gasteiger partial charge in [0.05, 0.1) is 12.7 Å². The molecule has 0 saturated carbocycles. The predicted molar refractivity (Wildman–Crippen MR) is 109 cm³/mol. The van der Waals surface area contributed by atoms with Gasteiger partial charge in [0, 0.05) is 10.6 Å². The summed E-state index contributed by atoms with van der Waals surface area (Å²) in [5.74, 6) is 0.387. The van der Waals surface area contributed by atoms with Crippen LogP contribution in [0.2, 0.25) is 5.02 Å². The summed E-state index contributed by atoms with van der Waals surface area (Å²) in [6.45, 7) is 0. The topological polar surface area (TPSA) is 52.6 Å². The van der Waals surface area contributed by atoms with Crippen molar-refractivity contribution >= 4 is 29.4 Å². The maximum Gasteiger partial charge on any atom is 0.343 e. The van der Waals surface area contributed by atoms with E-state index in [1.165, 1.54) is 6.08 Å². The van der Waals surface area contributed by atoms with Crippen LogP contribution in [0.3, 0.4) is 0 Å². The van der Waals surface area contributed by atoms with Gasteiger partial charge in [-0.2, -0.15) is 0 Å². The van der Waals surface area contributed by atoms with Crippen LogP contribution in [0.5, 0.6) is 11.5 Å². The molecule has 140 valence electrons. The molecule has 0 radical (unpaired) electrons. The summed E-state index contributed by atoms with van der Waals surface area (Å²) in [5, 5.41) is 0.642. The number of ketones is 1. The van der Waals surface area contributed by atoms with E-state index in [9.17, 15) is 9.59 Å². The van der Waals surface area contributed by atoms with E-state index in [0.29, 0.717) is 27.6 Å². The summed E-state index contributed by atoms with van der Waals surface area (Å²) in [4.78, 5) is 24.4. The molecule has 0 atom stereocenters. The van der Waals surface area contributed by atoms with Crippen LogP contribution in [0.25, 0.3) is 6.08 Å². The first-order valence-electron chi connectivity index (χ1n) is 8.49. The van der Waals surface area contributed by atoms with Gasteiger partial charge in [0.25, 0.3) is 0 Å². The van der Waals surface area contributed by atoms with E-state index in [2.05, 4.69) is 0 Å². The van der Waals surface area contributed by atoms with E-state index in [1.807, 2.05) is 12.1 Å². The fourth-order valence-corrected chi connectivity index (χ4v) is 2.55. The molecular weight excluding hydrogens is 376 g/mol. The highest BCUT2D eigenvalue weighted by Crippen LogP contribution is 2.17. The molecule has 0 saturated heterocycles. The maximum absolute atomic E-state index is 12.3. The van der Waals surface area contributed by atoms with Crippen LogP contribution in [-0.2, 0) is 0 Å². The number of carbonyl (C=O) groups excluding carboxylic acids is 2. The van der Waals surface area contributed by atoms with Crippen LogP contribution >= 0.6 is 11.6 Å². The average molecular weight is 393 g/mol. The molecule has 0 aliphatic carbocycles. The zero-order valence-corrected chi connectivity index (χ0v) is 15.8. The molecule has 0 bridgehead atoms. The van der Waals surface area contributed by atoms with Crippen LogP contribution in [0.4, 0.5) is 0 Å². The highest BCUT2D eigenvalue weighted by atomic mass is 35.5. The van der Waals surface area contributed by atoms with Gasteiger partial charge in [0.15, 0.2) is 5.78 Å². The lowest BCUT2D eigenvalue weighted by molar-refractivity contribution is 0.0734. The zero-order chi connectivity index (χ0) is 19.9. The molecule has 4 nitrogen and oxygen atoms in total. The Morgan fingerprint density at radius 1 is 0.786 bits per heavy atom. The first-order chi connectivity index (χ1) is 13.5. The largest absolute Gasteiger partial charge is 0.497 e. The van der Waals surface area contributed by atoms with Gasteiger partial charge in [-0.25, -0.2) is 4.79 Å². The van der Waals surface area contributed by atoms with Gasteiger partial charge >= 0.3 is 5.97 Å². The third-order valence-corrected chi connectivity index (χ3v) is 4.22. The molecule has 3 aromatic carbocycles. The number of allylic oxidation sites excluding steroid dienone is 1. The highest BCUT2D eigenvalue weighted by Gasteiger charge is 2.09. The van der Waals surface area contributed by atoms with E-state index >= 15 is 0 Å². The van der Waals surface area contributed by atoms with E-state index in [0.717, 1.165) is 5.56 Å². The quantitative estimate of drug-likeness (QED) is 0.242. The molecule has 0 N–H and O–H groups in total. The molecule has 0 aromatic heterocycles. The van der Waals surface area contributed by atoms with Gasteiger partial charge in [-0.05, 0) is 72.3 Å². The van der Waals surface area contributed by atoms with Crippen molar-refractivity contribution in [2.24, 2.45) is 0 Å². The monoisotopic (exact) mass is 392 g/mol. The SMILES string of the molecule is COc1ccc(C(=O)Oc2ccc(C(=O)C=Cc3ccc(Cl)cc3)cc2)cc1. The number of halogens is 1. The Hall–Kier alpha value is -3.37. The standard InChI is InChI=1S/C23H17ClO4/c1-27-20-11-7-18(8-12-20)23(26)28-21-13-5-17(6-14-21)22(25)15-4-16-2-9-19(24)10-3-16/h2-15H,1H3. The number of rotatable bonds is 6. The Morgan fingerprint density at radius 3 is 1.96 bits per heavy atom. The van der Waals surface area contributed by atoms with Crippen molar-refractivity contribution in [1.82, 2.24) is 0 Å².